The first-order valence-electron chi connectivity index (χ1n) is 12.0. The average Bonchev–Trinajstić information content (AvgIpc) is 3.28. The highest BCUT2D eigenvalue weighted by atomic mass is 32.7. The molecule has 0 aliphatic carbocycles. The molecule has 2 aromatic rings. The zero-order valence-electron chi connectivity index (χ0n) is 20.9. The lowest BCUT2D eigenvalue weighted by molar-refractivity contribution is -0.146. The van der Waals surface area contributed by atoms with Gasteiger partial charge in [-0.25, -0.2) is 10.1 Å². The smallest absolute Gasteiger partial charge is 0.327 e. The van der Waals surface area contributed by atoms with Crippen LogP contribution >= 0.6 is 18.1 Å². The number of unbranched alkanes of at least 4 members (excludes halogenated alkanes) is 1. The average molecular weight is 561 g/mol. The van der Waals surface area contributed by atoms with Crippen LogP contribution in [0.5, 0.6) is 5.88 Å². The fourth-order valence-electron chi connectivity index (χ4n) is 4.20. The zero-order valence-corrected chi connectivity index (χ0v) is 22.6. The number of carbonyl (C=O) groups is 1. The number of imidazole rings is 1. The van der Waals surface area contributed by atoms with Crippen LogP contribution in [0.3, 0.4) is 0 Å². The van der Waals surface area contributed by atoms with Gasteiger partial charge in [0.2, 0.25) is 11.8 Å². The summed E-state index contributed by atoms with van der Waals surface area (Å²) in [6.07, 6.45) is 0.538. The Morgan fingerprint density at radius 3 is 2.97 bits per heavy atom. The maximum atomic E-state index is 13.5. The summed E-state index contributed by atoms with van der Waals surface area (Å²) in [6, 6.07) is -0.764. The summed E-state index contributed by atoms with van der Waals surface area (Å²) < 4.78 is 37.1. The first-order chi connectivity index (χ1) is 17.6. The van der Waals surface area contributed by atoms with Gasteiger partial charge in [0, 0.05) is 5.75 Å². The Morgan fingerprint density at radius 1 is 1.46 bits per heavy atom. The molecule has 6 atom stereocenters. The van der Waals surface area contributed by atoms with Crippen LogP contribution in [0.15, 0.2) is 6.33 Å². The first-order valence-corrected chi connectivity index (χ1v) is 15.2. The molecule has 5 N–H and O–H groups in total. The van der Waals surface area contributed by atoms with Crippen molar-refractivity contribution in [3.05, 3.63) is 6.33 Å². The van der Waals surface area contributed by atoms with Crippen LogP contribution in [0, 0.1) is 0 Å². The summed E-state index contributed by atoms with van der Waals surface area (Å²) >= 11 is 1.08. The number of methoxy groups -OCH3 is 1. The van der Waals surface area contributed by atoms with Crippen molar-refractivity contribution in [2.45, 2.75) is 69.6 Å². The molecular weight excluding hydrogens is 527 g/mol. The molecule has 2 aliphatic heterocycles. The van der Waals surface area contributed by atoms with Crippen molar-refractivity contribution in [1.29, 1.82) is 0 Å². The molecule has 16 heteroatoms. The van der Waals surface area contributed by atoms with Gasteiger partial charge in [0.1, 0.15) is 23.9 Å². The molecule has 37 heavy (non-hydrogen) atoms. The maximum absolute atomic E-state index is 13.5. The number of anilines is 1. The van der Waals surface area contributed by atoms with Crippen LogP contribution in [0.25, 0.3) is 11.2 Å². The Bertz CT molecular complexity index is 1170. The quantitative estimate of drug-likeness (QED) is 0.195. The highest BCUT2D eigenvalue weighted by Crippen LogP contribution is 2.58. The number of rotatable bonds is 9. The highest BCUT2D eigenvalue weighted by molar-refractivity contribution is 8.56. The van der Waals surface area contributed by atoms with E-state index in [1.807, 2.05) is 6.92 Å². The van der Waals surface area contributed by atoms with Crippen molar-refractivity contribution in [2.24, 2.45) is 0 Å². The molecule has 4 rings (SSSR count). The van der Waals surface area contributed by atoms with Crippen molar-refractivity contribution >= 4 is 41.2 Å². The third-order valence-corrected chi connectivity index (χ3v) is 10.4. The largest absolute Gasteiger partial charge is 0.479 e. The van der Waals surface area contributed by atoms with Gasteiger partial charge in [0.05, 0.1) is 26.7 Å². The molecule has 0 amide bonds. The normalized spacial score (nSPS) is 32.4. The van der Waals surface area contributed by atoms with Gasteiger partial charge in [-0.05, 0) is 26.2 Å². The number of nitrogens with zero attached hydrogens (tertiary/aromatic N) is 4. The molecule has 2 saturated heterocycles. The number of esters is 1. The lowest BCUT2D eigenvalue weighted by atomic mass is 9.96. The van der Waals surface area contributed by atoms with Crippen molar-refractivity contribution in [3.8, 4) is 5.88 Å². The summed E-state index contributed by atoms with van der Waals surface area (Å²) in [5, 5.41) is 24.9. The maximum Gasteiger partial charge on any atom is 0.327 e. The van der Waals surface area contributed by atoms with Crippen molar-refractivity contribution in [2.75, 3.05) is 31.8 Å². The molecule has 14 nitrogen and oxygen atoms in total. The monoisotopic (exact) mass is 560 g/mol. The lowest BCUT2D eigenvalue weighted by Crippen LogP contribution is -2.44. The number of nitrogen functional groups attached to an aromatic ring is 1. The third-order valence-electron chi connectivity index (χ3n) is 6.26. The fraction of sp³-hybridized carbons (Fsp3) is 0.714. The summed E-state index contributed by atoms with van der Waals surface area (Å²) in [6.45, 7) is -0.156. The van der Waals surface area contributed by atoms with Gasteiger partial charge in [-0.3, -0.25) is 13.9 Å². The minimum atomic E-state index is -3.54. The summed E-state index contributed by atoms with van der Waals surface area (Å²) in [5.74, 6) is 0.128. The van der Waals surface area contributed by atoms with E-state index in [2.05, 4.69) is 20.0 Å². The molecule has 0 spiro atoms. The third kappa shape index (κ3) is 5.87. The van der Waals surface area contributed by atoms with Crippen LogP contribution in [0.1, 0.15) is 45.8 Å². The molecule has 0 bridgehead atoms. The van der Waals surface area contributed by atoms with E-state index >= 15 is 0 Å². The molecule has 206 valence electrons. The topological polar surface area (TPSA) is 193 Å². The van der Waals surface area contributed by atoms with Crippen LogP contribution < -0.4 is 15.6 Å². The Balaban J connectivity index is 1.47. The number of hydrogen-bond donors (Lipinski definition) is 4. The number of aliphatic hydroxyl groups excluding tert-OH is 1. The molecule has 2 aliphatic rings. The van der Waals surface area contributed by atoms with E-state index in [0.29, 0.717) is 30.7 Å². The number of hydrogen-bond acceptors (Lipinski definition) is 13. The predicted molar refractivity (Wildman–Crippen MR) is 135 cm³/mol. The van der Waals surface area contributed by atoms with E-state index in [1.165, 1.54) is 24.9 Å². The number of aromatic nitrogens is 4. The Morgan fingerprint density at radius 2 is 2.24 bits per heavy atom. The number of nitrogens with one attached hydrogen (secondary N) is 1. The number of aliphatic hydroxyl groups is 2. The minimum Gasteiger partial charge on any atom is -0.479 e. The van der Waals surface area contributed by atoms with Crippen molar-refractivity contribution in [3.63, 3.8) is 0 Å². The van der Waals surface area contributed by atoms with Crippen molar-refractivity contribution < 1.29 is 38.3 Å². The first kappa shape index (κ1) is 28.0. The molecule has 2 fully saturated rings. The molecule has 0 radical (unpaired) electrons. The Hall–Kier alpha value is -2.00. The number of carbonyl (C=O) groups excluding carboxylic acids is 1. The van der Waals surface area contributed by atoms with Gasteiger partial charge in [-0.15, -0.1) is 0 Å². The van der Waals surface area contributed by atoms with Gasteiger partial charge in [-0.2, -0.15) is 9.97 Å². The molecule has 2 aromatic heterocycles. The number of ether oxygens (including phenoxy) is 3. The minimum absolute atomic E-state index is 0.0680. The van der Waals surface area contributed by atoms with E-state index in [-0.39, 0.29) is 24.1 Å². The van der Waals surface area contributed by atoms with E-state index in [1.54, 1.807) is 0 Å². The van der Waals surface area contributed by atoms with Crippen molar-refractivity contribution in [1.82, 2.24) is 24.6 Å². The number of nitrogens with two attached hydrogens (primary N) is 1. The lowest BCUT2D eigenvalue weighted by Gasteiger charge is -2.27. The van der Waals surface area contributed by atoms with Gasteiger partial charge in [-0.1, -0.05) is 24.7 Å². The molecule has 0 saturated carbocycles. The van der Waals surface area contributed by atoms with E-state index in [0.717, 1.165) is 24.2 Å². The summed E-state index contributed by atoms with van der Waals surface area (Å²) in [4.78, 5) is 24.9. The van der Waals surface area contributed by atoms with Crippen LogP contribution in [-0.2, 0) is 23.4 Å². The Kier molecular flexibility index (Phi) is 8.63. The predicted octanol–water partition coefficient (Wildman–Crippen LogP) is 1.38. The van der Waals surface area contributed by atoms with E-state index < -0.39 is 42.8 Å². The van der Waals surface area contributed by atoms with Gasteiger partial charge >= 0.3 is 12.7 Å². The standard InChI is InChI=1S/C21H33N6O8PS/c1-4-5-8-33-18(29)12-7-6-9-37-36(31,26-12)34-10-13-15(28)21(2,30)19(35-13)27-11-23-14-16(27)24-20(22)25-17(14)32-3/h11-13,15,19,28,30H,4-10H2,1-3H3,(H,26,31)(H2,22,24,25)/t12?,13-,15-,19?,21-,36-/m1/s1. The Labute approximate surface area is 217 Å². The SMILES string of the molecule is CCCCOC(=O)C1CCCS[P@](=O)(OC[C@H]2OC(n3cnc4c(OC)nc(N)nc43)[C@](C)(O)[C@@H]2O)N1. The highest BCUT2D eigenvalue weighted by Gasteiger charge is 2.54. The number of fused-ring (bicyclic) bond motifs is 1. The van der Waals surface area contributed by atoms with Crippen LogP contribution in [-0.4, -0.2) is 85.6 Å². The van der Waals surface area contributed by atoms with Gasteiger partial charge in [0.25, 0.3) is 0 Å². The van der Waals surface area contributed by atoms with E-state index in [4.69, 9.17) is 24.5 Å². The molecule has 4 heterocycles. The fourth-order valence-corrected chi connectivity index (χ4v) is 8.04. The van der Waals surface area contributed by atoms with Gasteiger partial charge in [0.15, 0.2) is 17.4 Å². The summed E-state index contributed by atoms with van der Waals surface area (Å²) in [5.41, 5.74) is 4.53. The second-order valence-electron chi connectivity index (χ2n) is 9.08. The van der Waals surface area contributed by atoms with Crippen LogP contribution in [0.4, 0.5) is 5.95 Å². The van der Waals surface area contributed by atoms with Crippen LogP contribution in [0.2, 0.25) is 0 Å². The second-order valence-corrected chi connectivity index (χ2v) is 13.5. The molecule has 0 aromatic carbocycles. The second kappa shape index (κ2) is 11.4. The van der Waals surface area contributed by atoms with E-state index in [9.17, 15) is 19.6 Å². The summed E-state index contributed by atoms with van der Waals surface area (Å²) in [7, 11) is 1.41. The zero-order chi connectivity index (χ0) is 26.8. The van der Waals surface area contributed by atoms with Gasteiger partial charge < -0.3 is 34.7 Å². The molecular formula is C21H33N6O8PS. The molecule has 2 unspecified atom stereocenters.